The highest BCUT2D eigenvalue weighted by Crippen LogP contribution is 2.43. The summed E-state index contributed by atoms with van der Waals surface area (Å²) in [6.07, 6.45) is 31.3. The first-order chi connectivity index (χ1) is 23.7. The van der Waals surface area contributed by atoms with Gasteiger partial charge in [0.1, 0.15) is 27.0 Å². The smallest absolute Gasteiger partial charge is 0.462 e. The van der Waals surface area contributed by atoms with Gasteiger partial charge in [-0.15, -0.1) is 0 Å². The van der Waals surface area contributed by atoms with Gasteiger partial charge in [0.15, 0.2) is 12.6 Å². The molecule has 2 atom stereocenters. The number of ether oxygens (including phenoxy) is 2. The number of esters is 2. The number of nitrogens with zero attached hydrogens (tertiary/aromatic N) is 1. The largest absolute Gasteiger partial charge is 0.472 e. The Kier molecular flexibility index (Phi) is 34.2. The average Bonchev–Trinajstić information content (AvgIpc) is 3.06. The number of hydrogen-bond donors (Lipinski definition) is 1. The first kappa shape index (κ1) is 47.7. The van der Waals surface area contributed by atoms with Crippen LogP contribution in [0.1, 0.15) is 194 Å². The van der Waals surface area contributed by atoms with Gasteiger partial charge in [0.05, 0.1) is 6.61 Å². The molecule has 290 valence electrons. The van der Waals surface area contributed by atoms with Gasteiger partial charge in [-0.3, -0.25) is 18.6 Å². The Labute approximate surface area is 301 Å². The molecule has 49 heavy (non-hydrogen) atoms. The number of phosphoric acid groups is 1. The molecule has 0 fully saturated rings. The van der Waals surface area contributed by atoms with E-state index in [2.05, 4.69) is 20.6 Å². The third-order valence-corrected chi connectivity index (χ3v) is 9.83. The van der Waals surface area contributed by atoms with Crippen LogP contribution in [0.5, 0.6) is 0 Å². The van der Waals surface area contributed by atoms with Gasteiger partial charge >= 0.3 is 19.8 Å². The van der Waals surface area contributed by atoms with E-state index >= 15 is 0 Å². The molecule has 1 unspecified atom stereocenters. The van der Waals surface area contributed by atoms with Crippen LogP contribution in [-0.4, -0.2) is 67.6 Å². The standard InChI is InChI=1S/C39H76NO8P/c1-5-7-9-11-13-15-17-19-21-23-25-27-29-31-38(41)45-35-37(36-47-49(43,44)46-34-33-40(3)4)48-39(42)32-30-28-26-24-22-20-18-16-14-12-10-8-6-2/h37H,3,5-36H2,1-2,4H3/p+1/t37-/m1/s1. The molecule has 0 amide bonds. The van der Waals surface area contributed by atoms with Crippen molar-refractivity contribution in [2.45, 2.75) is 200 Å². The van der Waals surface area contributed by atoms with Gasteiger partial charge < -0.3 is 14.4 Å². The van der Waals surface area contributed by atoms with Crippen molar-refractivity contribution in [1.29, 1.82) is 0 Å². The van der Waals surface area contributed by atoms with Crippen molar-refractivity contribution in [1.82, 2.24) is 0 Å². The molecule has 0 rings (SSSR count). The van der Waals surface area contributed by atoms with E-state index < -0.39 is 26.5 Å². The molecule has 0 radical (unpaired) electrons. The lowest BCUT2D eigenvalue weighted by molar-refractivity contribution is -0.490. The number of hydrogen-bond acceptors (Lipinski definition) is 7. The second-order valence-electron chi connectivity index (χ2n) is 14.0. The van der Waals surface area contributed by atoms with E-state index in [0.717, 1.165) is 32.1 Å². The topological polar surface area (TPSA) is 111 Å². The number of rotatable bonds is 38. The van der Waals surface area contributed by atoms with E-state index in [1.54, 1.807) is 11.6 Å². The molecule has 0 aromatic heterocycles. The van der Waals surface area contributed by atoms with Crippen molar-refractivity contribution in [3.8, 4) is 0 Å². The summed E-state index contributed by atoms with van der Waals surface area (Å²) in [5, 5.41) is 0. The van der Waals surface area contributed by atoms with Gasteiger partial charge in [-0.2, -0.15) is 0 Å². The Bertz CT molecular complexity index is 840. The number of phosphoric ester groups is 1. The Hall–Kier alpha value is -1.28. The normalized spacial score (nSPS) is 13.2. The highest BCUT2D eigenvalue weighted by atomic mass is 31.2. The zero-order chi connectivity index (χ0) is 36.3. The molecule has 9 nitrogen and oxygen atoms in total. The Balaban J connectivity index is 4.30. The van der Waals surface area contributed by atoms with Gasteiger partial charge in [-0.05, 0) is 12.8 Å². The van der Waals surface area contributed by atoms with Gasteiger partial charge in [-0.25, -0.2) is 9.14 Å². The van der Waals surface area contributed by atoms with E-state index in [1.165, 1.54) is 128 Å². The van der Waals surface area contributed by atoms with Crippen LogP contribution in [-0.2, 0) is 32.7 Å². The zero-order valence-electron chi connectivity index (χ0n) is 32.1. The molecule has 0 aliphatic rings. The van der Waals surface area contributed by atoms with Crippen LogP contribution in [0.4, 0.5) is 0 Å². The molecule has 0 saturated carbocycles. The van der Waals surface area contributed by atoms with E-state index in [9.17, 15) is 19.0 Å². The molecule has 1 N–H and O–H groups in total. The predicted octanol–water partition coefficient (Wildman–Crippen LogP) is 10.9. The predicted molar refractivity (Wildman–Crippen MR) is 201 cm³/mol. The number of carbonyl (C=O) groups is 2. The minimum atomic E-state index is -4.37. The molecule has 0 aromatic carbocycles. The van der Waals surface area contributed by atoms with Crippen molar-refractivity contribution >= 4 is 26.5 Å². The monoisotopic (exact) mass is 719 g/mol. The van der Waals surface area contributed by atoms with E-state index in [1.807, 2.05) is 0 Å². The lowest BCUT2D eigenvalue weighted by Gasteiger charge is -2.19. The van der Waals surface area contributed by atoms with Crippen LogP contribution >= 0.6 is 7.82 Å². The number of carbonyl (C=O) groups excluding carboxylic acids is 2. The highest BCUT2D eigenvalue weighted by Gasteiger charge is 2.26. The molecule has 0 saturated heterocycles. The molecular formula is C39H77NO8P+. The summed E-state index contributed by atoms with van der Waals surface area (Å²) in [4.78, 5) is 35.0. The Morgan fingerprint density at radius 1 is 0.592 bits per heavy atom. The van der Waals surface area contributed by atoms with Gasteiger partial charge in [0.25, 0.3) is 0 Å². The lowest BCUT2D eigenvalue weighted by atomic mass is 10.0. The fourth-order valence-corrected chi connectivity index (χ4v) is 6.46. The van der Waals surface area contributed by atoms with Crippen molar-refractivity contribution < 1.29 is 42.1 Å². The van der Waals surface area contributed by atoms with Crippen LogP contribution in [0, 0.1) is 0 Å². The molecule has 10 heteroatoms. The molecule has 0 aliphatic heterocycles. The maximum Gasteiger partial charge on any atom is 0.472 e. The van der Waals surface area contributed by atoms with E-state index in [-0.39, 0.29) is 25.6 Å². The van der Waals surface area contributed by atoms with Crippen molar-refractivity contribution in [2.24, 2.45) is 0 Å². The fourth-order valence-electron chi connectivity index (χ4n) is 5.72. The summed E-state index contributed by atoms with van der Waals surface area (Å²) in [5.74, 6) is -0.806. The van der Waals surface area contributed by atoms with Crippen LogP contribution in [0.2, 0.25) is 0 Å². The fraction of sp³-hybridized carbons (Fsp3) is 0.923. The second kappa shape index (κ2) is 35.1. The maximum absolute atomic E-state index is 12.6. The summed E-state index contributed by atoms with van der Waals surface area (Å²) in [6.45, 7) is 7.80. The van der Waals surface area contributed by atoms with Crippen LogP contribution in [0.25, 0.3) is 0 Å². The summed E-state index contributed by atoms with van der Waals surface area (Å²) < 4.78 is 34.8. The van der Waals surface area contributed by atoms with Crippen LogP contribution in [0.3, 0.4) is 0 Å². The number of unbranched alkanes of at least 4 members (excludes halogenated alkanes) is 24. The van der Waals surface area contributed by atoms with Crippen molar-refractivity contribution in [3.63, 3.8) is 0 Å². The van der Waals surface area contributed by atoms with Crippen molar-refractivity contribution in [3.05, 3.63) is 0 Å². The molecular weight excluding hydrogens is 641 g/mol. The van der Waals surface area contributed by atoms with Crippen LogP contribution < -0.4 is 0 Å². The Morgan fingerprint density at radius 3 is 1.35 bits per heavy atom. The first-order valence-corrected chi connectivity index (χ1v) is 21.7. The molecule has 0 heterocycles. The van der Waals surface area contributed by atoms with E-state index in [0.29, 0.717) is 19.4 Å². The SMILES string of the molecule is C=[N+](C)CCOP(=O)(O)OC[C@@H](COC(=O)CCCCCCCCCCCCCCC)OC(=O)CCCCCCCCCCCCCCC. The Morgan fingerprint density at radius 2 is 0.959 bits per heavy atom. The second-order valence-corrected chi connectivity index (χ2v) is 15.4. The molecule has 0 bridgehead atoms. The first-order valence-electron chi connectivity index (χ1n) is 20.2. The number of likely N-dealkylation sites (N-methyl/N-ethyl adjacent to an activating group) is 1. The summed E-state index contributed by atoms with van der Waals surface area (Å²) in [6, 6.07) is 0. The maximum atomic E-state index is 12.6. The third kappa shape index (κ3) is 36.3. The quantitative estimate of drug-likeness (QED) is 0.0221. The van der Waals surface area contributed by atoms with E-state index in [4.69, 9.17) is 18.5 Å². The summed E-state index contributed by atoms with van der Waals surface area (Å²) in [5.41, 5.74) is 0. The van der Waals surface area contributed by atoms with Gasteiger partial charge in [-0.1, -0.05) is 168 Å². The summed E-state index contributed by atoms with van der Waals surface area (Å²) >= 11 is 0. The average molecular weight is 719 g/mol. The van der Waals surface area contributed by atoms with Gasteiger partial charge in [0.2, 0.25) is 0 Å². The minimum absolute atomic E-state index is 0.0502. The van der Waals surface area contributed by atoms with Crippen LogP contribution in [0.15, 0.2) is 0 Å². The van der Waals surface area contributed by atoms with Gasteiger partial charge in [0, 0.05) is 12.8 Å². The lowest BCUT2D eigenvalue weighted by Crippen LogP contribution is -2.29. The highest BCUT2D eigenvalue weighted by molar-refractivity contribution is 7.47. The zero-order valence-corrected chi connectivity index (χ0v) is 33.0. The molecule has 0 spiro atoms. The summed E-state index contributed by atoms with van der Waals surface area (Å²) in [7, 11) is -2.66. The molecule has 0 aromatic rings. The third-order valence-electron chi connectivity index (χ3n) is 8.85. The minimum Gasteiger partial charge on any atom is -0.462 e. The molecule has 0 aliphatic carbocycles. The van der Waals surface area contributed by atoms with Crippen molar-refractivity contribution in [2.75, 3.05) is 33.4 Å².